The van der Waals surface area contributed by atoms with Gasteiger partial charge in [-0.15, -0.1) is 5.10 Å². The van der Waals surface area contributed by atoms with E-state index in [4.69, 9.17) is 9.84 Å². The average Bonchev–Trinajstić information content (AvgIpc) is 3.09. The molecule has 2 aromatic carbocycles. The van der Waals surface area contributed by atoms with Crippen LogP contribution in [0.25, 0.3) is 16.8 Å². The lowest BCUT2D eigenvalue weighted by Gasteiger charge is -2.09. The van der Waals surface area contributed by atoms with E-state index in [0.717, 1.165) is 0 Å². The third-order valence-corrected chi connectivity index (χ3v) is 4.19. The molecule has 8 heteroatoms. The first kappa shape index (κ1) is 17.5. The van der Waals surface area contributed by atoms with Crippen LogP contribution in [0.1, 0.15) is 10.4 Å². The molecule has 0 spiro atoms. The van der Waals surface area contributed by atoms with Gasteiger partial charge in [-0.2, -0.15) is 4.98 Å². The van der Waals surface area contributed by atoms with Crippen LogP contribution < -0.4 is 10.1 Å². The van der Waals surface area contributed by atoms with Gasteiger partial charge in [0.25, 0.3) is 0 Å². The highest BCUT2D eigenvalue weighted by molar-refractivity contribution is 5.88. The van der Waals surface area contributed by atoms with Crippen LogP contribution in [0.3, 0.4) is 0 Å². The molecular weight excluding hydrogens is 363 g/mol. The highest BCUT2D eigenvalue weighted by Crippen LogP contribution is 2.34. The van der Waals surface area contributed by atoms with Gasteiger partial charge in [-0.1, -0.05) is 12.1 Å². The minimum Gasteiger partial charge on any atom is -0.496 e. The number of carboxylic acid groups (broad SMARTS) is 1. The molecule has 7 nitrogen and oxygen atoms in total. The smallest absolute Gasteiger partial charge is 0.335 e. The molecule has 2 aromatic heterocycles. The second kappa shape index (κ2) is 6.99. The van der Waals surface area contributed by atoms with Crippen LogP contribution in [0.15, 0.2) is 60.8 Å². The van der Waals surface area contributed by atoms with Crippen molar-refractivity contribution in [2.75, 3.05) is 12.4 Å². The Kier molecular flexibility index (Phi) is 4.36. The molecule has 0 saturated carbocycles. The Morgan fingerprint density at radius 3 is 2.64 bits per heavy atom. The number of rotatable bonds is 5. The molecule has 140 valence electrons. The second-order valence-electron chi connectivity index (χ2n) is 5.98. The van der Waals surface area contributed by atoms with Crippen LogP contribution in [0.4, 0.5) is 16.0 Å². The Balaban J connectivity index is 1.76. The highest BCUT2D eigenvalue weighted by atomic mass is 19.1. The number of nitrogens with zero attached hydrogens (tertiary/aromatic N) is 3. The zero-order valence-electron chi connectivity index (χ0n) is 14.8. The number of nitrogens with one attached hydrogen (secondary N) is 1. The molecule has 0 unspecified atom stereocenters. The van der Waals surface area contributed by atoms with Crippen molar-refractivity contribution in [2.45, 2.75) is 0 Å². The average molecular weight is 378 g/mol. The summed E-state index contributed by atoms with van der Waals surface area (Å²) in [5, 5.41) is 16.4. The number of hydrogen-bond donors (Lipinski definition) is 2. The SMILES string of the molecule is COc1ccn2nc(Nc3ccc(C(=O)O)cc3)nc2c1-c1cccc(F)c1. The van der Waals surface area contributed by atoms with Crippen molar-refractivity contribution in [3.05, 3.63) is 72.2 Å². The summed E-state index contributed by atoms with van der Waals surface area (Å²) in [7, 11) is 1.54. The fourth-order valence-electron chi connectivity index (χ4n) is 2.89. The van der Waals surface area contributed by atoms with E-state index in [1.54, 1.807) is 41.0 Å². The van der Waals surface area contributed by atoms with E-state index >= 15 is 0 Å². The topological polar surface area (TPSA) is 88.8 Å². The molecular formula is C20H15FN4O3. The predicted octanol–water partition coefficient (Wildman–Crippen LogP) is 3.99. The van der Waals surface area contributed by atoms with Crippen molar-refractivity contribution in [1.29, 1.82) is 0 Å². The number of ether oxygens (including phenoxy) is 1. The molecule has 0 aliphatic rings. The standard InChI is InChI=1S/C20H15FN4O3/c1-28-16-9-10-25-18(17(16)13-3-2-4-14(21)11-13)23-20(24-25)22-15-7-5-12(6-8-15)19(26)27/h2-11H,1H3,(H,22,24)(H,26,27). The van der Waals surface area contributed by atoms with E-state index in [2.05, 4.69) is 15.4 Å². The number of aromatic nitrogens is 3. The van der Waals surface area contributed by atoms with Crippen LogP contribution in [0.5, 0.6) is 5.75 Å². The van der Waals surface area contributed by atoms with Gasteiger partial charge in [-0.05, 0) is 48.0 Å². The zero-order valence-corrected chi connectivity index (χ0v) is 14.8. The minimum atomic E-state index is -0.996. The molecule has 0 atom stereocenters. The summed E-state index contributed by atoms with van der Waals surface area (Å²) in [4.78, 5) is 15.5. The fourth-order valence-corrected chi connectivity index (χ4v) is 2.89. The van der Waals surface area contributed by atoms with Gasteiger partial charge < -0.3 is 15.2 Å². The van der Waals surface area contributed by atoms with Crippen LogP contribution >= 0.6 is 0 Å². The van der Waals surface area contributed by atoms with Gasteiger partial charge in [0.2, 0.25) is 5.95 Å². The van der Waals surface area contributed by atoms with E-state index < -0.39 is 5.97 Å². The van der Waals surface area contributed by atoms with Gasteiger partial charge in [0, 0.05) is 11.9 Å². The number of methoxy groups -OCH3 is 1. The summed E-state index contributed by atoms with van der Waals surface area (Å²) in [6.45, 7) is 0. The third kappa shape index (κ3) is 3.23. The van der Waals surface area contributed by atoms with Gasteiger partial charge >= 0.3 is 5.97 Å². The maximum absolute atomic E-state index is 13.7. The Morgan fingerprint density at radius 1 is 1.18 bits per heavy atom. The lowest BCUT2D eigenvalue weighted by molar-refractivity contribution is 0.0697. The van der Waals surface area contributed by atoms with Gasteiger partial charge in [0.15, 0.2) is 5.65 Å². The molecule has 0 aliphatic heterocycles. The number of halogens is 1. The maximum atomic E-state index is 13.7. The number of carboxylic acids is 1. The summed E-state index contributed by atoms with van der Waals surface area (Å²) in [5.74, 6) is -0.501. The number of hydrogen-bond acceptors (Lipinski definition) is 5. The molecule has 0 fully saturated rings. The molecule has 0 amide bonds. The van der Waals surface area contributed by atoms with Gasteiger partial charge in [-0.25, -0.2) is 13.7 Å². The first-order valence-corrected chi connectivity index (χ1v) is 8.35. The van der Waals surface area contributed by atoms with Crippen molar-refractivity contribution in [1.82, 2.24) is 14.6 Å². The molecule has 0 saturated heterocycles. The largest absolute Gasteiger partial charge is 0.496 e. The van der Waals surface area contributed by atoms with Crippen LogP contribution in [-0.4, -0.2) is 32.8 Å². The summed E-state index contributed by atoms with van der Waals surface area (Å²) >= 11 is 0. The van der Waals surface area contributed by atoms with Crippen molar-refractivity contribution >= 4 is 23.3 Å². The first-order chi connectivity index (χ1) is 13.5. The van der Waals surface area contributed by atoms with Gasteiger partial charge in [-0.3, -0.25) is 0 Å². The molecule has 4 aromatic rings. The molecule has 0 radical (unpaired) electrons. The molecule has 2 heterocycles. The van der Waals surface area contributed by atoms with Crippen LogP contribution in [0, 0.1) is 5.82 Å². The Labute approximate surface area is 159 Å². The summed E-state index contributed by atoms with van der Waals surface area (Å²) in [5.41, 5.74) is 2.56. The summed E-state index contributed by atoms with van der Waals surface area (Å²) < 4.78 is 20.7. The minimum absolute atomic E-state index is 0.187. The van der Waals surface area contributed by atoms with Crippen molar-refractivity contribution in [3.8, 4) is 16.9 Å². The normalized spacial score (nSPS) is 10.8. The number of pyridine rings is 1. The second-order valence-corrected chi connectivity index (χ2v) is 5.98. The zero-order chi connectivity index (χ0) is 19.7. The van der Waals surface area contributed by atoms with Crippen molar-refractivity contribution in [2.24, 2.45) is 0 Å². The number of benzene rings is 2. The van der Waals surface area contributed by atoms with E-state index in [0.29, 0.717) is 34.2 Å². The number of fused-ring (bicyclic) bond motifs is 1. The van der Waals surface area contributed by atoms with E-state index in [-0.39, 0.29) is 11.4 Å². The van der Waals surface area contributed by atoms with Gasteiger partial charge in [0.05, 0.1) is 18.2 Å². The van der Waals surface area contributed by atoms with Crippen LogP contribution in [0.2, 0.25) is 0 Å². The molecule has 4 rings (SSSR count). The predicted molar refractivity (Wildman–Crippen MR) is 102 cm³/mol. The van der Waals surface area contributed by atoms with E-state index in [9.17, 15) is 9.18 Å². The van der Waals surface area contributed by atoms with E-state index in [1.165, 1.54) is 31.4 Å². The van der Waals surface area contributed by atoms with Gasteiger partial charge in [0.1, 0.15) is 11.6 Å². The molecule has 28 heavy (non-hydrogen) atoms. The summed E-state index contributed by atoms with van der Waals surface area (Å²) in [6, 6.07) is 14.1. The quantitative estimate of drug-likeness (QED) is 0.546. The third-order valence-electron chi connectivity index (χ3n) is 4.19. The monoisotopic (exact) mass is 378 g/mol. The molecule has 2 N–H and O–H groups in total. The Bertz CT molecular complexity index is 1170. The Hall–Kier alpha value is -3.94. The van der Waals surface area contributed by atoms with Crippen molar-refractivity contribution < 1.29 is 19.0 Å². The van der Waals surface area contributed by atoms with Crippen LogP contribution in [-0.2, 0) is 0 Å². The highest BCUT2D eigenvalue weighted by Gasteiger charge is 2.16. The number of anilines is 2. The first-order valence-electron chi connectivity index (χ1n) is 8.35. The van der Waals surface area contributed by atoms with E-state index in [1.807, 2.05) is 0 Å². The molecule has 0 aliphatic carbocycles. The Morgan fingerprint density at radius 2 is 1.96 bits per heavy atom. The molecule has 0 bridgehead atoms. The fraction of sp³-hybridized carbons (Fsp3) is 0.0500. The maximum Gasteiger partial charge on any atom is 0.335 e. The number of carbonyl (C=O) groups is 1. The number of aromatic carboxylic acids is 1. The summed E-state index contributed by atoms with van der Waals surface area (Å²) in [6.07, 6.45) is 1.70. The lowest BCUT2D eigenvalue weighted by atomic mass is 10.1. The lowest BCUT2D eigenvalue weighted by Crippen LogP contribution is -1.97. The van der Waals surface area contributed by atoms with Crippen molar-refractivity contribution in [3.63, 3.8) is 0 Å².